The molecule has 0 N–H and O–H groups in total. The molecule has 0 unspecified atom stereocenters. The quantitative estimate of drug-likeness (QED) is 0.739. The predicted molar refractivity (Wildman–Crippen MR) is 57.6 cm³/mol. The summed E-state index contributed by atoms with van der Waals surface area (Å²) in [6, 6.07) is 5.30. The molecule has 1 nitrogen and oxygen atoms in total. The number of rotatable bonds is 1. The third kappa shape index (κ3) is 2.20. The average molecular weight is 264 g/mol. The van der Waals surface area contributed by atoms with Crippen molar-refractivity contribution >= 4 is 22.9 Å². The van der Waals surface area contributed by atoms with Crippen LogP contribution < -0.4 is 0 Å². The van der Waals surface area contributed by atoms with Crippen molar-refractivity contribution in [2.24, 2.45) is 0 Å². The Labute approximate surface area is 98.5 Å². The van der Waals surface area contributed by atoms with E-state index in [1.165, 1.54) is 23.6 Å². The lowest BCUT2D eigenvalue weighted by Crippen LogP contribution is -2.06. The van der Waals surface area contributed by atoms with E-state index in [1.54, 1.807) is 0 Å². The summed E-state index contributed by atoms with van der Waals surface area (Å²) < 4.78 is 38.3. The topological polar surface area (TPSA) is 12.9 Å². The summed E-state index contributed by atoms with van der Waals surface area (Å²) in [6.07, 6.45) is -4.38. The highest BCUT2D eigenvalue weighted by molar-refractivity contribution is 7.14. The van der Waals surface area contributed by atoms with Crippen molar-refractivity contribution in [1.82, 2.24) is 4.98 Å². The summed E-state index contributed by atoms with van der Waals surface area (Å²) in [6.45, 7) is 0. The largest absolute Gasteiger partial charge is 0.417 e. The molecule has 84 valence electrons. The van der Waals surface area contributed by atoms with Crippen molar-refractivity contribution in [2.45, 2.75) is 6.18 Å². The van der Waals surface area contributed by atoms with E-state index in [9.17, 15) is 13.2 Å². The number of alkyl halides is 3. The molecule has 0 aliphatic rings. The monoisotopic (exact) mass is 263 g/mol. The average Bonchev–Trinajstić information content (AvgIpc) is 2.64. The number of hydrogen-bond donors (Lipinski definition) is 0. The van der Waals surface area contributed by atoms with Crippen molar-refractivity contribution in [3.63, 3.8) is 0 Å². The molecule has 0 saturated heterocycles. The standard InChI is InChI=1S/C10H5ClF3NS/c11-9-15-8(5-16-9)6-3-1-2-4-7(6)10(12,13)14/h1-5H. The zero-order valence-electron chi connectivity index (χ0n) is 7.75. The van der Waals surface area contributed by atoms with Crippen LogP contribution in [-0.4, -0.2) is 4.98 Å². The van der Waals surface area contributed by atoms with Gasteiger partial charge in [0.05, 0.1) is 11.3 Å². The van der Waals surface area contributed by atoms with Crippen LogP contribution in [0.15, 0.2) is 29.6 Å². The predicted octanol–water partition coefficient (Wildman–Crippen LogP) is 4.48. The van der Waals surface area contributed by atoms with Gasteiger partial charge in [0.15, 0.2) is 4.47 Å². The number of thiazole rings is 1. The summed E-state index contributed by atoms with van der Waals surface area (Å²) in [5, 5.41) is 1.51. The maximum Gasteiger partial charge on any atom is 0.417 e. The van der Waals surface area contributed by atoms with Crippen LogP contribution in [0.3, 0.4) is 0 Å². The molecule has 1 aromatic carbocycles. The fraction of sp³-hybridized carbons (Fsp3) is 0.100. The molecule has 0 fully saturated rings. The Bertz CT molecular complexity index is 507. The second-order valence-electron chi connectivity index (χ2n) is 3.03. The summed E-state index contributed by atoms with van der Waals surface area (Å²) in [7, 11) is 0. The first-order valence-corrected chi connectivity index (χ1v) is 5.52. The van der Waals surface area contributed by atoms with Gasteiger partial charge in [-0.25, -0.2) is 4.98 Å². The van der Waals surface area contributed by atoms with Gasteiger partial charge in [-0.1, -0.05) is 29.8 Å². The summed E-state index contributed by atoms with van der Waals surface area (Å²) in [4.78, 5) is 3.84. The molecule has 0 amide bonds. The minimum Gasteiger partial charge on any atom is -0.225 e. The highest BCUT2D eigenvalue weighted by atomic mass is 35.5. The molecule has 2 rings (SSSR count). The van der Waals surface area contributed by atoms with E-state index < -0.39 is 11.7 Å². The lowest BCUT2D eigenvalue weighted by Gasteiger charge is -2.10. The number of aromatic nitrogens is 1. The Morgan fingerprint density at radius 2 is 1.88 bits per heavy atom. The fourth-order valence-corrected chi connectivity index (χ4v) is 2.09. The van der Waals surface area contributed by atoms with Crippen LogP contribution in [0.4, 0.5) is 13.2 Å². The van der Waals surface area contributed by atoms with Crippen molar-refractivity contribution in [2.75, 3.05) is 0 Å². The van der Waals surface area contributed by atoms with E-state index in [2.05, 4.69) is 4.98 Å². The van der Waals surface area contributed by atoms with Gasteiger partial charge >= 0.3 is 6.18 Å². The van der Waals surface area contributed by atoms with Crippen LogP contribution in [0.2, 0.25) is 4.47 Å². The minimum absolute atomic E-state index is 0.0538. The Kier molecular flexibility index (Phi) is 2.90. The minimum atomic E-state index is -4.38. The molecule has 1 heterocycles. The molecule has 0 bridgehead atoms. The second kappa shape index (κ2) is 4.07. The molecule has 6 heteroatoms. The third-order valence-electron chi connectivity index (χ3n) is 1.98. The van der Waals surface area contributed by atoms with Gasteiger partial charge in [0.1, 0.15) is 0 Å². The first-order valence-electron chi connectivity index (χ1n) is 4.26. The number of hydrogen-bond acceptors (Lipinski definition) is 2. The molecule has 0 radical (unpaired) electrons. The molecule has 0 aliphatic heterocycles. The highest BCUT2D eigenvalue weighted by Gasteiger charge is 2.33. The van der Waals surface area contributed by atoms with Gasteiger partial charge in [-0.05, 0) is 6.07 Å². The fourth-order valence-electron chi connectivity index (χ4n) is 1.33. The zero-order chi connectivity index (χ0) is 11.8. The van der Waals surface area contributed by atoms with Crippen molar-refractivity contribution in [1.29, 1.82) is 0 Å². The second-order valence-corrected chi connectivity index (χ2v) is 4.47. The zero-order valence-corrected chi connectivity index (χ0v) is 9.33. The van der Waals surface area contributed by atoms with Crippen molar-refractivity contribution in [3.8, 4) is 11.3 Å². The van der Waals surface area contributed by atoms with Crippen LogP contribution in [0.5, 0.6) is 0 Å². The molecule has 0 spiro atoms. The van der Waals surface area contributed by atoms with E-state index in [4.69, 9.17) is 11.6 Å². The molecule has 16 heavy (non-hydrogen) atoms. The smallest absolute Gasteiger partial charge is 0.225 e. The van der Waals surface area contributed by atoms with Gasteiger partial charge in [-0.15, -0.1) is 11.3 Å². The lowest BCUT2D eigenvalue weighted by atomic mass is 10.1. The van der Waals surface area contributed by atoms with Gasteiger partial charge in [-0.2, -0.15) is 13.2 Å². The van der Waals surface area contributed by atoms with Crippen LogP contribution in [0.25, 0.3) is 11.3 Å². The summed E-state index contributed by atoms with van der Waals surface area (Å²) in [5.41, 5.74) is -0.391. The number of nitrogens with zero attached hydrogens (tertiary/aromatic N) is 1. The lowest BCUT2D eigenvalue weighted by molar-refractivity contribution is -0.137. The highest BCUT2D eigenvalue weighted by Crippen LogP contribution is 2.37. The van der Waals surface area contributed by atoms with E-state index in [0.29, 0.717) is 0 Å². The SMILES string of the molecule is FC(F)(F)c1ccccc1-c1csc(Cl)n1. The Morgan fingerprint density at radius 3 is 2.44 bits per heavy atom. The molecule has 0 saturated carbocycles. The van der Waals surface area contributed by atoms with Crippen LogP contribution in [-0.2, 0) is 6.18 Å². The molecular formula is C10H5ClF3NS. The van der Waals surface area contributed by atoms with E-state index >= 15 is 0 Å². The molecule has 1 aromatic heterocycles. The van der Waals surface area contributed by atoms with Gasteiger partial charge in [-0.3, -0.25) is 0 Å². The number of benzene rings is 1. The first kappa shape index (κ1) is 11.4. The summed E-state index contributed by atoms with van der Waals surface area (Å²) in [5.74, 6) is 0. The van der Waals surface area contributed by atoms with E-state index in [1.807, 2.05) is 0 Å². The Hall–Kier alpha value is -1.07. The normalized spacial score (nSPS) is 11.8. The number of halogens is 4. The van der Waals surface area contributed by atoms with Crippen LogP contribution in [0, 0.1) is 0 Å². The maximum absolute atomic E-state index is 12.7. The first-order chi connectivity index (χ1) is 7.48. The van der Waals surface area contributed by atoms with Gasteiger partial charge in [0.25, 0.3) is 0 Å². The van der Waals surface area contributed by atoms with Crippen molar-refractivity contribution < 1.29 is 13.2 Å². The molecule has 0 atom stereocenters. The molecule has 2 aromatic rings. The Balaban J connectivity index is 2.57. The maximum atomic E-state index is 12.7. The van der Waals surface area contributed by atoms with E-state index in [-0.39, 0.29) is 15.7 Å². The van der Waals surface area contributed by atoms with E-state index in [0.717, 1.165) is 17.4 Å². The van der Waals surface area contributed by atoms with Crippen LogP contribution >= 0.6 is 22.9 Å². The molecule has 0 aliphatic carbocycles. The van der Waals surface area contributed by atoms with Gasteiger partial charge in [0, 0.05) is 10.9 Å². The Morgan fingerprint density at radius 1 is 1.19 bits per heavy atom. The van der Waals surface area contributed by atoms with Crippen molar-refractivity contribution in [3.05, 3.63) is 39.7 Å². The third-order valence-corrected chi connectivity index (χ3v) is 2.96. The van der Waals surface area contributed by atoms with Gasteiger partial charge in [0.2, 0.25) is 0 Å². The van der Waals surface area contributed by atoms with Gasteiger partial charge < -0.3 is 0 Å². The molecular weight excluding hydrogens is 259 g/mol. The summed E-state index contributed by atoms with van der Waals surface area (Å²) >= 11 is 6.71. The van der Waals surface area contributed by atoms with Crippen LogP contribution in [0.1, 0.15) is 5.56 Å².